The summed E-state index contributed by atoms with van der Waals surface area (Å²) in [6, 6.07) is 7.12. The van der Waals surface area contributed by atoms with E-state index in [4.69, 9.17) is 4.74 Å². The third kappa shape index (κ3) is 3.19. The van der Waals surface area contributed by atoms with Crippen LogP contribution >= 0.6 is 0 Å². The van der Waals surface area contributed by atoms with Gasteiger partial charge < -0.3 is 4.74 Å². The number of ether oxygens (including phenoxy) is 1. The van der Waals surface area contributed by atoms with Gasteiger partial charge in [0.2, 0.25) is 0 Å². The molecular weight excluding hydrogens is 228 g/mol. The van der Waals surface area contributed by atoms with Crippen LogP contribution in [-0.4, -0.2) is 18.2 Å². The number of benzene rings is 1. The zero-order valence-electron chi connectivity index (χ0n) is 10.6. The Hall–Kier alpha value is -1.64. The average molecular weight is 246 g/mol. The van der Waals surface area contributed by atoms with Crippen LogP contribution in [0.1, 0.15) is 43.0 Å². The Morgan fingerprint density at radius 3 is 2.61 bits per heavy atom. The molecule has 0 bridgehead atoms. The first-order valence-corrected chi connectivity index (χ1v) is 6.43. The van der Waals surface area contributed by atoms with Gasteiger partial charge in [-0.2, -0.15) is 0 Å². The van der Waals surface area contributed by atoms with Crippen molar-refractivity contribution < 1.29 is 14.3 Å². The highest BCUT2D eigenvalue weighted by Gasteiger charge is 2.23. The maximum absolute atomic E-state index is 11.4. The first kappa shape index (κ1) is 12.8. The number of rotatable bonds is 5. The lowest BCUT2D eigenvalue weighted by Crippen LogP contribution is -2.11. The molecule has 3 heteroatoms. The molecule has 96 valence electrons. The van der Waals surface area contributed by atoms with Gasteiger partial charge in [0.1, 0.15) is 11.5 Å². The fourth-order valence-corrected chi connectivity index (χ4v) is 2.30. The van der Waals surface area contributed by atoms with E-state index in [0.717, 1.165) is 31.4 Å². The molecule has 1 aromatic rings. The number of Topliss-reactive ketones (excluding diaryl/α,β-unsaturated/α-hetero) is 2. The summed E-state index contributed by atoms with van der Waals surface area (Å²) < 4.78 is 5.59. The minimum atomic E-state index is 0.0538. The van der Waals surface area contributed by atoms with E-state index in [0.29, 0.717) is 18.0 Å². The predicted molar refractivity (Wildman–Crippen MR) is 68.9 cm³/mol. The Morgan fingerprint density at radius 2 is 2.06 bits per heavy atom. The molecule has 1 unspecified atom stereocenters. The molecule has 0 saturated heterocycles. The highest BCUT2D eigenvalue weighted by Crippen LogP contribution is 2.24. The zero-order valence-corrected chi connectivity index (χ0v) is 10.6. The molecule has 0 amide bonds. The van der Waals surface area contributed by atoms with E-state index in [-0.39, 0.29) is 11.7 Å². The monoisotopic (exact) mass is 246 g/mol. The normalized spacial score (nSPS) is 18.9. The lowest BCUT2D eigenvalue weighted by atomic mass is 10.0. The Morgan fingerprint density at radius 1 is 1.33 bits per heavy atom. The SMILES string of the molecule is CC(=O)c1ccc(OCCC2CCCC2=O)cc1. The Balaban J connectivity index is 1.79. The van der Waals surface area contributed by atoms with Crippen molar-refractivity contribution in [2.24, 2.45) is 5.92 Å². The van der Waals surface area contributed by atoms with E-state index in [1.807, 2.05) is 0 Å². The van der Waals surface area contributed by atoms with Crippen molar-refractivity contribution in [2.75, 3.05) is 6.61 Å². The van der Waals surface area contributed by atoms with Gasteiger partial charge in [-0.05, 0) is 50.5 Å². The van der Waals surface area contributed by atoms with Gasteiger partial charge >= 0.3 is 0 Å². The molecule has 1 aliphatic carbocycles. The van der Waals surface area contributed by atoms with Crippen molar-refractivity contribution in [3.05, 3.63) is 29.8 Å². The minimum absolute atomic E-state index is 0.0538. The first-order valence-electron chi connectivity index (χ1n) is 6.43. The van der Waals surface area contributed by atoms with Crippen LogP contribution in [0, 0.1) is 5.92 Å². The van der Waals surface area contributed by atoms with Crippen LogP contribution in [0.25, 0.3) is 0 Å². The highest BCUT2D eigenvalue weighted by molar-refractivity contribution is 5.94. The smallest absolute Gasteiger partial charge is 0.159 e. The summed E-state index contributed by atoms with van der Waals surface area (Å²) in [5, 5.41) is 0. The third-order valence-corrected chi connectivity index (χ3v) is 3.43. The molecule has 1 saturated carbocycles. The number of carbonyl (C=O) groups excluding carboxylic acids is 2. The van der Waals surface area contributed by atoms with Gasteiger partial charge in [0, 0.05) is 17.9 Å². The standard InChI is InChI=1S/C15H18O3/c1-11(16)12-5-7-14(8-6-12)18-10-9-13-3-2-4-15(13)17/h5-8,13H,2-4,9-10H2,1H3. The molecule has 0 heterocycles. The van der Waals surface area contributed by atoms with Crippen molar-refractivity contribution in [3.63, 3.8) is 0 Å². The van der Waals surface area contributed by atoms with Gasteiger partial charge in [-0.3, -0.25) is 9.59 Å². The molecule has 1 fully saturated rings. The van der Waals surface area contributed by atoms with Crippen molar-refractivity contribution in [3.8, 4) is 5.75 Å². The molecule has 0 radical (unpaired) electrons. The molecule has 18 heavy (non-hydrogen) atoms. The van der Waals surface area contributed by atoms with E-state index in [9.17, 15) is 9.59 Å². The Labute approximate surface area is 107 Å². The zero-order chi connectivity index (χ0) is 13.0. The number of hydrogen-bond acceptors (Lipinski definition) is 3. The van der Waals surface area contributed by atoms with Crippen LogP contribution in [0.3, 0.4) is 0 Å². The van der Waals surface area contributed by atoms with Crippen LogP contribution in [0.15, 0.2) is 24.3 Å². The third-order valence-electron chi connectivity index (χ3n) is 3.43. The average Bonchev–Trinajstić information content (AvgIpc) is 2.76. The second kappa shape index (κ2) is 5.80. The maximum atomic E-state index is 11.4. The van der Waals surface area contributed by atoms with Gasteiger partial charge in [-0.25, -0.2) is 0 Å². The Kier molecular flexibility index (Phi) is 4.13. The summed E-state index contributed by atoms with van der Waals surface area (Å²) in [4.78, 5) is 22.5. The van der Waals surface area contributed by atoms with E-state index in [2.05, 4.69) is 0 Å². The summed E-state index contributed by atoms with van der Waals surface area (Å²) in [5.41, 5.74) is 0.688. The molecule has 1 aromatic carbocycles. The topological polar surface area (TPSA) is 43.4 Å². The van der Waals surface area contributed by atoms with E-state index in [1.165, 1.54) is 0 Å². The van der Waals surface area contributed by atoms with Crippen LogP contribution in [-0.2, 0) is 4.79 Å². The van der Waals surface area contributed by atoms with Crippen LogP contribution in [0.2, 0.25) is 0 Å². The van der Waals surface area contributed by atoms with Crippen molar-refractivity contribution in [1.29, 1.82) is 0 Å². The van der Waals surface area contributed by atoms with Crippen molar-refractivity contribution in [2.45, 2.75) is 32.6 Å². The fourth-order valence-electron chi connectivity index (χ4n) is 2.30. The predicted octanol–water partition coefficient (Wildman–Crippen LogP) is 3.03. The molecule has 1 atom stereocenters. The molecule has 0 N–H and O–H groups in total. The van der Waals surface area contributed by atoms with Gasteiger partial charge in [-0.1, -0.05) is 0 Å². The van der Waals surface area contributed by atoms with Crippen molar-refractivity contribution >= 4 is 11.6 Å². The molecule has 0 aromatic heterocycles. The molecule has 3 nitrogen and oxygen atoms in total. The molecule has 2 rings (SSSR count). The number of carbonyl (C=O) groups is 2. The summed E-state index contributed by atoms with van der Waals surface area (Å²) in [6.45, 7) is 2.11. The van der Waals surface area contributed by atoms with Gasteiger partial charge in [-0.15, -0.1) is 0 Å². The summed E-state index contributed by atoms with van der Waals surface area (Å²) in [6.07, 6.45) is 3.56. The molecular formula is C15H18O3. The first-order chi connectivity index (χ1) is 8.66. The lowest BCUT2D eigenvalue weighted by molar-refractivity contribution is -0.121. The largest absolute Gasteiger partial charge is 0.494 e. The minimum Gasteiger partial charge on any atom is -0.494 e. The van der Waals surface area contributed by atoms with Gasteiger partial charge in [0.05, 0.1) is 6.61 Å². The van der Waals surface area contributed by atoms with Gasteiger partial charge in [0.15, 0.2) is 5.78 Å². The van der Waals surface area contributed by atoms with E-state index >= 15 is 0 Å². The quantitative estimate of drug-likeness (QED) is 0.750. The van der Waals surface area contributed by atoms with E-state index < -0.39 is 0 Å². The lowest BCUT2D eigenvalue weighted by Gasteiger charge is -2.09. The van der Waals surface area contributed by atoms with Crippen LogP contribution < -0.4 is 4.74 Å². The van der Waals surface area contributed by atoms with Crippen LogP contribution in [0.4, 0.5) is 0 Å². The molecule has 1 aliphatic rings. The summed E-state index contributed by atoms with van der Waals surface area (Å²) >= 11 is 0. The second-order valence-electron chi connectivity index (χ2n) is 4.77. The van der Waals surface area contributed by atoms with Gasteiger partial charge in [0.25, 0.3) is 0 Å². The molecule has 0 aliphatic heterocycles. The van der Waals surface area contributed by atoms with E-state index in [1.54, 1.807) is 31.2 Å². The van der Waals surface area contributed by atoms with Crippen LogP contribution in [0.5, 0.6) is 5.75 Å². The number of hydrogen-bond donors (Lipinski definition) is 0. The summed E-state index contributed by atoms with van der Waals surface area (Å²) in [7, 11) is 0. The second-order valence-corrected chi connectivity index (χ2v) is 4.77. The Bertz CT molecular complexity index is 434. The maximum Gasteiger partial charge on any atom is 0.159 e. The highest BCUT2D eigenvalue weighted by atomic mass is 16.5. The van der Waals surface area contributed by atoms with Crippen molar-refractivity contribution in [1.82, 2.24) is 0 Å². The fraction of sp³-hybridized carbons (Fsp3) is 0.467. The molecule has 0 spiro atoms. The summed E-state index contributed by atoms with van der Waals surface area (Å²) in [5.74, 6) is 1.38. The number of ketones is 2.